The number of carbonyl (C=O) groups excluding carboxylic acids is 1. The van der Waals surface area contributed by atoms with Gasteiger partial charge in [0, 0.05) is 51.2 Å². The average molecular weight is 317 g/mol. The monoisotopic (exact) mass is 317 g/mol. The van der Waals surface area contributed by atoms with Crippen LogP contribution in [0.4, 0.5) is 0 Å². The van der Waals surface area contributed by atoms with Crippen molar-refractivity contribution in [3.63, 3.8) is 0 Å². The first-order chi connectivity index (χ1) is 11.2. The summed E-state index contributed by atoms with van der Waals surface area (Å²) in [5, 5.41) is 3.36. The average Bonchev–Trinajstić information content (AvgIpc) is 2.57. The molecule has 126 valence electrons. The minimum atomic E-state index is 0.172. The Morgan fingerprint density at radius 3 is 2.83 bits per heavy atom. The summed E-state index contributed by atoms with van der Waals surface area (Å²) in [4.78, 5) is 17.0. The molecule has 5 heteroatoms. The van der Waals surface area contributed by atoms with Gasteiger partial charge in [-0.3, -0.25) is 9.69 Å². The van der Waals surface area contributed by atoms with E-state index >= 15 is 0 Å². The molecule has 3 rings (SSSR count). The Kier molecular flexibility index (Phi) is 5.65. The molecule has 5 nitrogen and oxygen atoms in total. The maximum absolute atomic E-state index is 12.6. The molecule has 0 spiro atoms. The number of rotatable bonds is 4. The van der Waals surface area contributed by atoms with Crippen molar-refractivity contribution in [2.45, 2.75) is 32.0 Å². The van der Waals surface area contributed by atoms with E-state index in [0.29, 0.717) is 13.0 Å². The van der Waals surface area contributed by atoms with Gasteiger partial charge in [0.2, 0.25) is 5.91 Å². The third-order valence-electron chi connectivity index (χ3n) is 4.70. The second kappa shape index (κ2) is 7.90. The topological polar surface area (TPSA) is 44.8 Å². The molecule has 2 fully saturated rings. The summed E-state index contributed by atoms with van der Waals surface area (Å²) in [7, 11) is 0. The Morgan fingerprint density at radius 2 is 2.13 bits per heavy atom. The van der Waals surface area contributed by atoms with E-state index in [1.807, 2.05) is 11.0 Å². The second-order valence-electron chi connectivity index (χ2n) is 6.59. The number of amides is 1. The van der Waals surface area contributed by atoms with Gasteiger partial charge in [-0.1, -0.05) is 30.3 Å². The van der Waals surface area contributed by atoms with Crippen molar-refractivity contribution in [1.82, 2.24) is 15.1 Å². The highest BCUT2D eigenvalue weighted by Crippen LogP contribution is 2.15. The predicted octanol–water partition coefficient (Wildman–Crippen LogP) is 1.10. The molecule has 0 saturated carbocycles. The highest BCUT2D eigenvalue weighted by Gasteiger charge is 2.29. The van der Waals surface area contributed by atoms with Gasteiger partial charge in [0.25, 0.3) is 0 Å². The molecule has 1 aromatic carbocycles. The van der Waals surface area contributed by atoms with Crippen LogP contribution >= 0.6 is 0 Å². The highest BCUT2D eigenvalue weighted by molar-refractivity contribution is 5.77. The molecule has 23 heavy (non-hydrogen) atoms. The lowest BCUT2D eigenvalue weighted by Gasteiger charge is -2.40. The maximum Gasteiger partial charge on any atom is 0.224 e. The molecule has 0 radical (unpaired) electrons. The first-order valence-electron chi connectivity index (χ1n) is 8.59. The zero-order chi connectivity index (χ0) is 16.1. The Morgan fingerprint density at radius 1 is 1.30 bits per heavy atom. The number of nitrogens with one attached hydrogen (secondary N) is 1. The van der Waals surface area contributed by atoms with Gasteiger partial charge in [-0.2, -0.15) is 0 Å². The lowest BCUT2D eigenvalue weighted by Crippen LogP contribution is -2.55. The SMILES string of the molecule is C[C@@H]1CN(Cc2ccccc2)CCN1C(=O)CC1COCCN1. The summed E-state index contributed by atoms with van der Waals surface area (Å²) in [6.07, 6.45) is 0.545. The Hall–Kier alpha value is -1.43. The molecule has 1 amide bonds. The quantitative estimate of drug-likeness (QED) is 0.903. The normalized spacial score (nSPS) is 26.2. The molecule has 0 aromatic heterocycles. The third kappa shape index (κ3) is 4.53. The fraction of sp³-hybridized carbons (Fsp3) is 0.611. The van der Waals surface area contributed by atoms with Crippen LogP contribution in [0.15, 0.2) is 30.3 Å². The van der Waals surface area contributed by atoms with Crippen LogP contribution in [0.2, 0.25) is 0 Å². The lowest BCUT2D eigenvalue weighted by molar-refractivity contribution is -0.137. The molecule has 1 aromatic rings. The van der Waals surface area contributed by atoms with Gasteiger partial charge in [0.15, 0.2) is 0 Å². The standard InChI is InChI=1S/C18H27N3O2/c1-15-12-20(13-16-5-3-2-4-6-16)8-9-21(15)18(22)11-17-14-23-10-7-19-17/h2-6,15,17,19H,7-14H2,1H3/t15-,17?/m1/s1. The molecule has 2 aliphatic rings. The van der Waals surface area contributed by atoms with E-state index in [-0.39, 0.29) is 18.0 Å². The second-order valence-corrected chi connectivity index (χ2v) is 6.59. The van der Waals surface area contributed by atoms with Gasteiger partial charge in [0.1, 0.15) is 0 Å². The summed E-state index contributed by atoms with van der Waals surface area (Å²) < 4.78 is 5.44. The molecule has 2 saturated heterocycles. The fourth-order valence-electron chi connectivity index (χ4n) is 3.47. The Labute approximate surface area is 138 Å². The van der Waals surface area contributed by atoms with E-state index in [0.717, 1.165) is 39.3 Å². The van der Waals surface area contributed by atoms with Crippen LogP contribution in [0, 0.1) is 0 Å². The van der Waals surface area contributed by atoms with Crippen LogP contribution in [-0.4, -0.2) is 67.2 Å². The molecule has 2 aliphatic heterocycles. The number of carbonyl (C=O) groups is 1. The zero-order valence-corrected chi connectivity index (χ0v) is 13.9. The van der Waals surface area contributed by atoms with Crippen molar-refractivity contribution >= 4 is 5.91 Å². The van der Waals surface area contributed by atoms with Crippen LogP contribution in [0.25, 0.3) is 0 Å². The van der Waals surface area contributed by atoms with E-state index < -0.39 is 0 Å². The van der Waals surface area contributed by atoms with Crippen molar-refractivity contribution in [3.05, 3.63) is 35.9 Å². The summed E-state index contributed by atoms with van der Waals surface area (Å²) in [5.74, 6) is 0.250. The van der Waals surface area contributed by atoms with Gasteiger partial charge in [-0.15, -0.1) is 0 Å². The number of ether oxygens (including phenoxy) is 1. The molecular formula is C18H27N3O2. The minimum absolute atomic E-state index is 0.172. The summed E-state index contributed by atoms with van der Waals surface area (Å²) in [5.41, 5.74) is 1.34. The van der Waals surface area contributed by atoms with E-state index in [9.17, 15) is 4.79 Å². The molecule has 1 N–H and O–H groups in total. The largest absolute Gasteiger partial charge is 0.378 e. The van der Waals surface area contributed by atoms with Gasteiger partial charge in [0.05, 0.1) is 13.2 Å². The summed E-state index contributed by atoms with van der Waals surface area (Å²) >= 11 is 0. The van der Waals surface area contributed by atoms with E-state index in [2.05, 4.69) is 41.4 Å². The smallest absolute Gasteiger partial charge is 0.224 e. The molecule has 0 bridgehead atoms. The van der Waals surface area contributed by atoms with Crippen LogP contribution in [0.3, 0.4) is 0 Å². The van der Waals surface area contributed by atoms with Gasteiger partial charge < -0.3 is 15.0 Å². The number of benzene rings is 1. The summed E-state index contributed by atoms with van der Waals surface area (Å²) in [6.45, 7) is 8.06. The Balaban J connectivity index is 1.48. The van der Waals surface area contributed by atoms with Crippen LogP contribution < -0.4 is 5.32 Å². The minimum Gasteiger partial charge on any atom is -0.378 e. The highest BCUT2D eigenvalue weighted by atomic mass is 16.5. The molecule has 1 unspecified atom stereocenters. The molecule has 0 aliphatic carbocycles. The van der Waals surface area contributed by atoms with Crippen molar-refractivity contribution < 1.29 is 9.53 Å². The van der Waals surface area contributed by atoms with Crippen LogP contribution in [-0.2, 0) is 16.1 Å². The number of morpholine rings is 1. The maximum atomic E-state index is 12.6. The third-order valence-corrected chi connectivity index (χ3v) is 4.70. The van der Waals surface area contributed by atoms with E-state index in [1.165, 1.54) is 5.56 Å². The number of nitrogens with zero attached hydrogens (tertiary/aromatic N) is 2. The molecule has 2 atom stereocenters. The van der Waals surface area contributed by atoms with Gasteiger partial charge in [-0.05, 0) is 12.5 Å². The zero-order valence-electron chi connectivity index (χ0n) is 13.9. The van der Waals surface area contributed by atoms with Crippen molar-refractivity contribution in [1.29, 1.82) is 0 Å². The molecule has 2 heterocycles. The van der Waals surface area contributed by atoms with Gasteiger partial charge in [-0.25, -0.2) is 0 Å². The fourth-order valence-corrected chi connectivity index (χ4v) is 3.47. The van der Waals surface area contributed by atoms with Crippen molar-refractivity contribution in [3.8, 4) is 0 Å². The van der Waals surface area contributed by atoms with Gasteiger partial charge >= 0.3 is 0 Å². The van der Waals surface area contributed by atoms with E-state index in [4.69, 9.17) is 4.74 Å². The van der Waals surface area contributed by atoms with Crippen molar-refractivity contribution in [2.75, 3.05) is 39.4 Å². The lowest BCUT2D eigenvalue weighted by atomic mass is 10.1. The van der Waals surface area contributed by atoms with Crippen LogP contribution in [0.1, 0.15) is 18.9 Å². The first-order valence-corrected chi connectivity index (χ1v) is 8.59. The molecular weight excluding hydrogens is 290 g/mol. The number of hydrogen-bond donors (Lipinski definition) is 1. The Bertz CT molecular complexity index is 502. The number of hydrogen-bond acceptors (Lipinski definition) is 4. The summed E-state index contributed by atoms with van der Waals surface area (Å²) in [6, 6.07) is 11.0. The van der Waals surface area contributed by atoms with E-state index in [1.54, 1.807) is 0 Å². The van der Waals surface area contributed by atoms with Crippen molar-refractivity contribution in [2.24, 2.45) is 0 Å². The number of piperazine rings is 1. The predicted molar refractivity (Wildman–Crippen MR) is 90.1 cm³/mol. The first kappa shape index (κ1) is 16.4. The van der Waals surface area contributed by atoms with Crippen LogP contribution in [0.5, 0.6) is 0 Å².